The number of benzene rings is 1. The summed E-state index contributed by atoms with van der Waals surface area (Å²) in [5.41, 5.74) is 1.07. The molecule has 2 fully saturated rings. The van der Waals surface area contributed by atoms with Crippen molar-refractivity contribution in [3.05, 3.63) is 35.9 Å². The van der Waals surface area contributed by atoms with Crippen LogP contribution in [0.15, 0.2) is 30.3 Å². The first kappa shape index (κ1) is 14.0. The molecular formula is C15H22N2O2S. The third-order valence-corrected chi connectivity index (χ3v) is 6.19. The Morgan fingerprint density at radius 1 is 1.05 bits per heavy atom. The van der Waals surface area contributed by atoms with Gasteiger partial charge in [-0.25, -0.2) is 8.42 Å². The van der Waals surface area contributed by atoms with E-state index < -0.39 is 10.0 Å². The summed E-state index contributed by atoms with van der Waals surface area (Å²) in [6, 6.07) is 10.0. The summed E-state index contributed by atoms with van der Waals surface area (Å²) in [7, 11) is -3.09. The van der Waals surface area contributed by atoms with Crippen molar-refractivity contribution in [1.82, 2.24) is 9.21 Å². The summed E-state index contributed by atoms with van der Waals surface area (Å²) in [6.45, 7) is 3.27. The molecule has 2 saturated heterocycles. The maximum atomic E-state index is 12.3. The van der Waals surface area contributed by atoms with E-state index in [2.05, 4.69) is 4.90 Å². The molecule has 2 aliphatic heterocycles. The van der Waals surface area contributed by atoms with Gasteiger partial charge in [-0.15, -0.1) is 0 Å². The van der Waals surface area contributed by atoms with Crippen molar-refractivity contribution in [1.29, 1.82) is 0 Å². The lowest BCUT2D eigenvalue weighted by molar-refractivity contribution is 0.168. The first-order chi connectivity index (χ1) is 9.65. The zero-order chi connectivity index (χ0) is 14.0. The molecule has 0 N–H and O–H groups in total. The molecule has 3 rings (SSSR count). The van der Waals surface area contributed by atoms with Crippen LogP contribution in [0.5, 0.6) is 0 Å². The Bertz CT molecular complexity index is 538. The Balaban J connectivity index is 1.69. The first-order valence-corrected chi connectivity index (χ1v) is 9.02. The van der Waals surface area contributed by atoms with Crippen LogP contribution in [-0.4, -0.2) is 49.1 Å². The molecule has 2 aliphatic rings. The van der Waals surface area contributed by atoms with Gasteiger partial charge in [0.1, 0.15) is 0 Å². The Kier molecular flexibility index (Phi) is 4.10. The molecule has 0 saturated carbocycles. The number of likely N-dealkylation sites (tertiary alicyclic amines) is 1. The van der Waals surface area contributed by atoms with Crippen molar-refractivity contribution in [2.45, 2.75) is 31.8 Å². The highest BCUT2D eigenvalue weighted by Crippen LogP contribution is 2.23. The molecule has 1 aromatic carbocycles. The summed E-state index contributed by atoms with van der Waals surface area (Å²) < 4.78 is 26.3. The van der Waals surface area contributed by atoms with E-state index in [4.69, 9.17) is 0 Å². The van der Waals surface area contributed by atoms with Crippen molar-refractivity contribution in [2.24, 2.45) is 0 Å². The molecule has 0 aliphatic carbocycles. The van der Waals surface area contributed by atoms with E-state index in [0.717, 1.165) is 18.7 Å². The lowest BCUT2D eigenvalue weighted by Gasteiger charge is -2.31. The summed E-state index contributed by atoms with van der Waals surface area (Å²) in [4.78, 5) is 2.37. The topological polar surface area (TPSA) is 40.6 Å². The third kappa shape index (κ3) is 3.05. The van der Waals surface area contributed by atoms with Crippen LogP contribution in [0.2, 0.25) is 0 Å². The maximum absolute atomic E-state index is 12.3. The predicted molar refractivity (Wildman–Crippen MR) is 79.9 cm³/mol. The minimum atomic E-state index is -3.09. The van der Waals surface area contributed by atoms with Crippen molar-refractivity contribution in [3.63, 3.8) is 0 Å². The fourth-order valence-electron chi connectivity index (χ4n) is 3.20. The van der Waals surface area contributed by atoms with Crippen LogP contribution in [0.25, 0.3) is 0 Å². The van der Waals surface area contributed by atoms with Crippen LogP contribution in [0.1, 0.15) is 24.8 Å². The van der Waals surface area contributed by atoms with Crippen LogP contribution in [-0.2, 0) is 16.6 Å². The van der Waals surface area contributed by atoms with Crippen LogP contribution in [0.4, 0.5) is 0 Å². The molecule has 0 aromatic heterocycles. The minimum absolute atomic E-state index is 0.184. The number of piperidine rings is 1. The second kappa shape index (κ2) is 5.84. The normalized spacial score (nSPS) is 27.7. The first-order valence-electron chi connectivity index (χ1n) is 7.41. The van der Waals surface area contributed by atoms with Gasteiger partial charge in [0.15, 0.2) is 0 Å². The molecule has 1 atom stereocenters. The highest BCUT2D eigenvalue weighted by molar-refractivity contribution is 7.89. The van der Waals surface area contributed by atoms with Crippen molar-refractivity contribution < 1.29 is 8.42 Å². The van der Waals surface area contributed by atoms with E-state index in [-0.39, 0.29) is 6.04 Å². The molecule has 0 bridgehead atoms. The summed E-state index contributed by atoms with van der Waals surface area (Å²) in [6.07, 6.45) is 3.69. The molecule has 4 nitrogen and oxygen atoms in total. The second-order valence-electron chi connectivity index (χ2n) is 5.81. The Hall–Kier alpha value is -0.910. The molecule has 110 valence electrons. The molecule has 0 radical (unpaired) electrons. The van der Waals surface area contributed by atoms with E-state index in [0.29, 0.717) is 18.8 Å². The van der Waals surface area contributed by atoms with Crippen molar-refractivity contribution in [3.8, 4) is 0 Å². The van der Waals surface area contributed by atoms with Gasteiger partial charge in [-0.05, 0) is 31.5 Å². The zero-order valence-electron chi connectivity index (χ0n) is 11.7. The van der Waals surface area contributed by atoms with E-state index in [1.54, 1.807) is 4.31 Å². The van der Waals surface area contributed by atoms with Gasteiger partial charge in [0.25, 0.3) is 0 Å². The quantitative estimate of drug-likeness (QED) is 0.852. The molecule has 1 aromatic rings. The molecule has 2 heterocycles. The largest absolute Gasteiger partial charge is 0.298 e. The summed E-state index contributed by atoms with van der Waals surface area (Å²) >= 11 is 0. The highest BCUT2D eigenvalue weighted by atomic mass is 32.2. The van der Waals surface area contributed by atoms with Gasteiger partial charge in [-0.2, -0.15) is 4.31 Å². The number of rotatable bonds is 3. The fraction of sp³-hybridized carbons (Fsp3) is 0.600. The second-order valence-corrected chi connectivity index (χ2v) is 7.82. The Labute approximate surface area is 121 Å². The number of nitrogens with zero attached hydrogens (tertiary/aromatic N) is 2. The highest BCUT2D eigenvalue weighted by Gasteiger charge is 2.38. The fourth-order valence-corrected chi connectivity index (χ4v) is 4.96. The van der Waals surface area contributed by atoms with Crippen molar-refractivity contribution in [2.75, 3.05) is 25.4 Å². The minimum Gasteiger partial charge on any atom is -0.298 e. The van der Waals surface area contributed by atoms with Gasteiger partial charge in [0.05, 0.1) is 5.75 Å². The number of sulfonamides is 1. The van der Waals surface area contributed by atoms with Gasteiger partial charge >= 0.3 is 0 Å². The standard InChI is InChI=1S/C15H22N2O2S/c18-20(19)13-15(16-9-5-2-6-10-16)12-17(20)11-14-7-3-1-4-8-14/h1,3-4,7-8,15H,2,5-6,9-13H2. The molecule has 0 amide bonds. The molecular weight excluding hydrogens is 272 g/mol. The summed E-state index contributed by atoms with van der Waals surface area (Å²) in [5, 5.41) is 0. The lowest BCUT2D eigenvalue weighted by Crippen LogP contribution is -2.42. The van der Waals surface area contributed by atoms with E-state index >= 15 is 0 Å². The smallest absolute Gasteiger partial charge is 0.216 e. The van der Waals surface area contributed by atoms with Crippen LogP contribution in [0, 0.1) is 0 Å². The van der Waals surface area contributed by atoms with Gasteiger partial charge in [0, 0.05) is 19.1 Å². The predicted octanol–water partition coefficient (Wildman–Crippen LogP) is 1.69. The van der Waals surface area contributed by atoms with Crippen LogP contribution >= 0.6 is 0 Å². The van der Waals surface area contributed by atoms with Gasteiger partial charge in [-0.1, -0.05) is 36.8 Å². The van der Waals surface area contributed by atoms with Crippen LogP contribution in [0.3, 0.4) is 0 Å². The molecule has 1 unspecified atom stereocenters. The average Bonchev–Trinajstić information content (AvgIpc) is 2.76. The Morgan fingerprint density at radius 2 is 1.75 bits per heavy atom. The number of hydrogen-bond donors (Lipinski definition) is 0. The van der Waals surface area contributed by atoms with E-state index in [9.17, 15) is 8.42 Å². The zero-order valence-corrected chi connectivity index (χ0v) is 12.6. The molecule has 0 spiro atoms. The maximum Gasteiger partial charge on any atom is 0.216 e. The SMILES string of the molecule is O=S1(=O)CC(N2CCCCC2)CN1Cc1ccccc1. The monoisotopic (exact) mass is 294 g/mol. The van der Waals surface area contributed by atoms with Crippen molar-refractivity contribution >= 4 is 10.0 Å². The summed E-state index contributed by atoms with van der Waals surface area (Å²) in [5.74, 6) is 0.292. The Morgan fingerprint density at radius 3 is 2.45 bits per heavy atom. The number of hydrogen-bond acceptors (Lipinski definition) is 3. The van der Waals surface area contributed by atoms with Gasteiger partial charge in [-0.3, -0.25) is 4.90 Å². The van der Waals surface area contributed by atoms with Gasteiger partial charge in [0.2, 0.25) is 10.0 Å². The van der Waals surface area contributed by atoms with Gasteiger partial charge < -0.3 is 0 Å². The molecule has 20 heavy (non-hydrogen) atoms. The molecule has 5 heteroatoms. The third-order valence-electron chi connectivity index (χ3n) is 4.32. The van der Waals surface area contributed by atoms with Crippen LogP contribution < -0.4 is 0 Å². The van der Waals surface area contributed by atoms with E-state index in [1.807, 2.05) is 30.3 Å². The van der Waals surface area contributed by atoms with E-state index in [1.165, 1.54) is 19.3 Å². The average molecular weight is 294 g/mol. The lowest BCUT2D eigenvalue weighted by atomic mass is 10.1.